The van der Waals surface area contributed by atoms with Crippen molar-refractivity contribution >= 4 is 33.3 Å². The monoisotopic (exact) mass is 357 g/mol. The van der Waals surface area contributed by atoms with Gasteiger partial charge in [0.25, 0.3) is 0 Å². The van der Waals surface area contributed by atoms with Gasteiger partial charge in [0.1, 0.15) is 27.8 Å². The molecule has 0 unspecified atom stereocenters. The zero-order valence-electron chi connectivity index (χ0n) is 13.2. The molecule has 0 bridgehead atoms. The lowest BCUT2D eigenvalue weighted by atomic mass is 10.2. The number of furan rings is 1. The highest BCUT2D eigenvalue weighted by Crippen LogP contribution is 2.33. The van der Waals surface area contributed by atoms with E-state index >= 15 is 0 Å². The number of fused-ring (bicyclic) bond motifs is 1. The van der Waals surface area contributed by atoms with Crippen LogP contribution in [-0.4, -0.2) is 24.7 Å². The molecular formula is C16H15N5OS2. The third-order valence-corrected chi connectivity index (χ3v) is 5.39. The van der Waals surface area contributed by atoms with Crippen LogP contribution in [0, 0.1) is 0 Å². The normalized spacial score (nSPS) is 11.6. The van der Waals surface area contributed by atoms with Crippen molar-refractivity contribution in [1.29, 1.82) is 0 Å². The molecule has 0 amide bonds. The maximum atomic E-state index is 5.50. The number of aromatic nitrogens is 5. The van der Waals surface area contributed by atoms with Gasteiger partial charge in [-0.1, -0.05) is 13.8 Å². The molecular weight excluding hydrogens is 342 g/mol. The molecule has 0 radical (unpaired) electrons. The Morgan fingerprint density at radius 1 is 1.25 bits per heavy atom. The summed E-state index contributed by atoms with van der Waals surface area (Å²) < 4.78 is 7.59. The second-order valence-corrected chi connectivity index (χ2v) is 7.43. The van der Waals surface area contributed by atoms with Crippen molar-refractivity contribution < 1.29 is 4.42 Å². The van der Waals surface area contributed by atoms with Gasteiger partial charge < -0.3 is 4.42 Å². The van der Waals surface area contributed by atoms with Crippen molar-refractivity contribution in [2.45, 2.75) is 36.5 Å². The van der Waals surface area contributed by atoms with Gasteiger partial charge in [-0.3, -0.25) is 4.57 Å². The maximum Gasteiger partial charge on any atom is 0.197 e. The summed E-state index contributed by atoms with van der Waals surface area (Å²) in [6.45, 7) is 4.82. The molecule has 0 N–H and O–H groups in total. The lowest BCUT2D eigenvalue weighted by molar-refractivity contribution is 0.475. The molecule has 0 aromatic carbocycles. The summed E-state index contributed by atoms with van der Waals surface area (Å²) in [5.74, 6) is 2.08. The van der Waals surface area contributed by atoms with Crippen LogP contribution in [0.25, 0.3) is 10.2 Å². The summed E-state index contributed by atoms with van der Waals surface area (Å²) in [4.78, 5) is 9.70. The number of thiophene rings is 1. The predicted octanol–water partition coefficient (Wildman–Crippen LogP) is 4.20. The first-order chi connectivity index (χ1) is 11.7. The Kier molecular flexibility index (Phi) is 4.07. The van der Waals surface area contributed by atoms with Gasteiger partial charge in [-0.15, -0.1) is 21.5 Å². The molecule has 4 aromatic rings. The molecule has 0 saturated carbocycles. The van der Waals surface area contributed by atoms with E-state index in [1.54, 1.807) is 23.9 Å². The molecule has 0 aliphatic rings. The molecule has 0 aliphatic carbocycles. The van der Waals surface area contributed by atoms with E-state index in [1.807, 2.05) is 23.6 Å². The highest BCUT2D eigenvalue weighted by molar-refractivity contribution is 7.99. The van der Waals surface area contributed by atoms with E-state index in [4.69, 9.17) is 4.42 Å². The molecule has 4 aromatic heterocycles. The minimum Gasteiger partial charge on any atom is -0.467 e. The van der Waals surface area contributed by atoms with E-state index in [2.05, 4.69) is 38.6 Å². The Morgan fingerprint density at radius 2 is 2.17 bits per heavy atom. The molecule has 4 rings (SSSR count). The summed E-state index contributed by atoms with van der Waals surface area (Å²) in [5, 5.41) is 13.5. The third-order valence-electron chi connectivity index (χ3n) is 3.57. The van der Waals surface area contributed by atoms with Gasteiger partial charge in [-0.05, 0) is 35.3 Å². The topological polar surface area (TPSA) is 69.6 Å². The van der Waals surface area contributed by atoms with Crippen molar-refractivity contribution in [3.63, 3.8) is 0 Å². The van der Waals surface area contributed by atoms with Crippen LogP contribution in [0.1, 0.15) is 31.4 Å². The van der Waals surface area contributed by atoms with Crippen LogP contribution in [0.4, 0.5) is 0 Å². The van der Waals surface area contributed by atoms with E-state index in [0.29, 0.717) is 6.54 Å². The van der Waals surface area contributed by atoms with Crippen molar-refractivity contribution in [1.82, 2.24) is 24.7 Å². The fraction of sp³-hybridized carbons (Fsp3) is 0.250. The Labute approximate surface area is 147 Å². The van der Waals surface area contributed by atoms with Crippen LogP contribution in [0.3, 0.4) is 0 Å². The average molecular weight is 357 g/mol. The first-order valence-corrected chi connectivity index (χ1v) is 9.23. The van der Waals surface area contributed by atoms with Crippen molar-refractivity contribution in [3.05, 3.63) is 47.8 Å². The number of nitrogens with zero attached hydrogens (tertiary/aromatic N) is 5. The number of hydrogen-bond acceptors (Lipinski definition) is 7. The van der Waals surface area contributed by atoms with Gasteiger partial charge in [-0.25, -0.2) is 9.97 Å². The van der Waals surface area contributed by atoms with Crippen LogP contribution in [0.2, 0.25) is 0 Å². The lowest BCUT2D eigenvalue weighted by Gasteiger charge is -2.10. The smallest absolute Gasteiger partial charge is 0.197 e. The molecule has 4 heterocycles. The highest BCUT2D eigenvalue weighted by Gasteiger charge is 2.18. The SMILES string of the molecule is CC(C)c1nnc(Sc2ncnc3sccc23)n1Cc1ccco1. The van der Waals surface area contributed by atoms with Crippen LogP contribution in [0.5, 0.6) is 0 Å². The van der Waals surface area contributed by atoms with Gasteiger partial charge in [0.15, 0.2) is 5.16 Å². The quantitative estimate of drug-likeness (QED) is 0.499. The largest absolute Gasteiger partial charge is 0.467 e. The van der Waals surface area contributed by atoms with Crippen LogP contribution in [0.15, 0.2) is 50.8 Å². The van der Waals surface area contributed by atoms with E-state index in [9.17, 15) is 0 Å². The predicted molar refractivity (Wildman–Crippen MR) is 93.5 cm³/mol. The summed E-state index contributed by atoms with van der Waals surface area (Å²) in [6.07, 6.45) is 3.28. The van der Waals surface area contributed by atoms with Crippen molar-refractivity contribution in [2.24, 2.45) is 0 Å². The molecule has 0 saturated heterocycles. The standard InChI is InChI=1S/C16H15N5OS2/c1-10(2)13-19-20-16(21(13)8-11-4-3-6-22-11)24-15-12-5-7-23-14(12)17-9-18-15/h3-7,9-10H,8H2,1-2H3. The first kappa shape index (κ1) is 15.3. The molecule has 0 atom stereocenters. The molecule has 0 spiro atoms. The van der Waals surface area contributed by atoms with E-state index < -0.39 is 0 Å². The second kappa shape index (κ2) is 6.37. The number of hydrogen-bond donors (Lipinski definition) is 0. The molecule has 0 fully saturated rings. The average Bonchev–Trinajstić information content (AvgIpc) is 3.29. The van der Waals surface area contributed by atoms with Gasteiger partial charge in [0, 0.05) is 11.3 Å². The molecule has 8 heteroatoms. The summed E-state index contributed by atoms with van der Waals surface area (Å²) >= 11 is 3.12. The van der Waals surface area contributed by atoms with Gasteiger partial charge in [0.2, 0.25) is 0 Å². The zero-order chi connectivity index (χ0) is 16.5. The van der Waals surface area contributed by atoms with E-state index in [-0.39, 0.29) is 5.92 Å². The van der Waals surface area contributed by atoms with Crippen LogP contribution >= 0.6 is 23.1 Å². The van der Waals surface area contributed by atoms with E-state index in [1.165, 1.54) is 11.8 Å². The fourth-order valence-electron chi connectivity index (χ4n) is 2.44. The highest BCUT2D eigenvalue weighted by atomic mass is 32.2. The lowest BCUT2D eigenvalue weighted by Crippen LogP contribution is -2.07. The van der Waals surface area contributed by atoms with Crippen LogP contribution < -0.4 is 0 Å². The second-order valence-electron chi connectivity index (χ2n) is 5.58. The molecule has 24 heavy (non-hydrogen) atoms. The van der Waals surface area contributed by atoms with Crippen LogP contribution in [-0.2, 0) is 6.54 Å². The minimum atomic E-state index is 0.272. The van der Waals surface area contributed by atoms with Gasteiger partial charge in [0.05, 0.1) is 12.8 Å². The Hall–Kier alpha value is -2.19. The summed E-state index contributed by atoms with van der Waals surface area (Å²) in [6, 6.07) is 5.89. The van der Waals surface area contributed by atoms with E-state index in [0.717, 1.165) is 32.0 Å². The first-order valence-electron chi connectivity index (χ1n) is 7.54. The maximum absolute atomic E-state index is 5.50. The number of rotatable bonds is 5. The molecule has 6 nitrogen and oxygen atoms in total. The summed E-state index contributed by atoms with van der Waals surface area (Å²) in [5.41, 5.74) is 0. The Bertz CT molecular complexity index is 958. The zero-order valence-corrected chi connectivity index (χ0v) is 14.8. The van der Waals surface area contributed by atoms with Gasteiger partial charge >= 0.3 is 0 Å². The van der Waals surface area contributed by atoms with Crippen molar-refractivity contribution in [2.75, 3.05) is 0 Å². The molecule has 122 valence electrons. The Morgan fingerprint density at radius 3 is 2.96 bits per heavy atom. The third kappa shape index (κ3) is 2.83. The van der Waals surface area contributed by atoms with Gasteiger partial charge in [-0.2, -0.15) is 0 Å². The molecule has 0 aliphatic heterocycles. The Balaban J connectivity index is 1.73. The minimum absolute atomic E-state index is 0.272. The van der Waals surface area contributed by atoms with Crippen molar-refractivity contribution in [3.8, 4) is 0 Å². The summed E-state index contributed by atoms with van der Waals surface area (Å²) in [7, 11) is 0. The fourth-order valence-corrected chi connectivity index (χ4v) is 4.14.